The van der Waals surface area contributed by atoms with Gasteiger partial charge in [0.2, 0.25) is 0 Å². The summed E-state index contributed by atoms with van der Waals surface area (Å²) in [6.07, 6.45) is 12.3. The smallest absolute Gasteiger partial charge is 0.281 e. The summed E-state index contributed by atoms with van der Waals surface area (Å²) in [6, 6.07) is 18.0. The molecule has 16 heteroatoms. The number of rotatable bonds is 12. The highest BCUT2D eigenvalue weighted by Crippen LogP contribution is 2.55. The van der Waals surface area contributed by atoms with Crippen LogP contribution in [0.2, 0.25) is 5.02 Å². The maximum atomic E-state index is 13.7. The predicted octanol–water partition coefficient (Wildman–Crippen LogP) is 7.65. The molecule has 1 unspecified atom stereocenters. The van der Waals surface area contributed by atoms with Crippen molar-refractivity contribution >= 4 is 56.5 Å². The number of allylic oxidation sites excluding steroid dienone is 1. The molecule has 2 aliphatic heterocycles. The molecule has 312 valence electrons. The summed E-state index contributed by atoms with van der Waals surface area (Å²) >= 11 is 6.29. The third-order valence-electron chi connectivity index (χ3n) is 12.3. The zero-order valence-electron chi connectivity index (χ0n) is 33.1. The third kappa shape index (κ3) is 8.82. The van der Waals surface area contributed by atoms with E-state index in [0.717, 1.165) is 48.5 Å². The standard InChI is InChI=1S/C44H46ClN7O7S/c45-33-5-2-29(3-6-33)37-24-44(10-1-11-44)12-8-32(37)27-50-14-16-51(17-15-50)40-23-38(47-26-41(40)59-34-21-31-9-13-46-42(31)48-25-34)43(53)49-60(56)36-7-4-30(39(22-36)52(54)55)20-35-28-57-18-19-58-35/h2-7,9,13,21-23,25-26,35H,1,8,10-12,14-20,24,27-28H2,(H,46,48)(H,49,53)/t35-,60?/m0/s1. The Morgan fingerprint density at radius 3 is 2.62 bits per heavy atom. The van der Waals surface area contributed by atoms with E-state index in [2.05, 4.69) is 41.6 Å². The molecule has 0 radical (unpaired) electrons. The number of fused-ring (bicyclic) bond motifs is 1. The molecular weight excluding hydrogens is 806 g/mol. The van der Waals surface area contributed by atoms with Crippen molar-refractivity contribution in [2.24, 2.45) is 5.41 Å². The Hall–Kier alpha value is -5.19. The zero-order chi connectivity index (χ0) is 41.2. The molecule has 3 fully saturated rings. The highest BCUT2D eigenvalue weighted by molar-refractivity contribution is 7.83. The summed E-state index contributed by atoms with van der Waals surface area (Å²) in [6.45, 7) is 5.05. The van der Waals surface area contributed by atoms with Gasteiger partial charge < -0.3 is 24.1 Å². The normalized spacial score (nSPS) is 19.9. The van der Waals surface area contributed by atoms with Gasteiger partial charge in [0.25, 0.3) is 11.6 Å². The van der Waals surface area contributed by atoms with E-state index in [4.69, 9.17) is 25.8 Å². The van der Waals surface area contributed by atoms with Gasteiger partial charge in [-0.05, 0) is 85.1 Å². The van der Waals surface area contributed by atoms with E-state index >= 15 is 0 Å². The van der Waals surface area contributed by atoms with Crippen LogP contribution in [0.25, 0.3) is 16.6 Å². The lowest BCUT2D eigenvalue weighted by Gasteiger charge is -2.47. The summed E-state index contributed by atoms with van der Waals surface area (Å²) in [5, 5.41) is 13.7. The van der Waals surface area contributed by atoms with Crippen molar-refractivity contribution in [2.75, 3.05) is 57.4 Å². The fourth-order valence-electron chi connectivity index (χ4n) is 8.89. The molecular formula is C44H46ClN7O7S. The van der Waals surface area contributed by atoms with Crippen LogP contribution in [0.1, 0.15) is 60.1 Å². The number of pyridine rings is 2. The summed E-state index contributed by atoms with van der Waals surface area (Å²) in [5.74, 6) is 0.262. The predicted molar refractivity (Wildman–Crippen MR) is 229 cm³/mol. The Kier molecular flexibility index (Phi) is 11.7. The van der Waals surface area contributed by atoms with Crippen LogP contribution in [0.4, 0.5) is 11.4 Å². The molecule has 2 aliphatic carbocycles. The van der Waals surface area contributed by atoms with E-state index in [9.17, 15) is 19.1 Å². The second-order valence-corrected chi connectivity index (χ2v) is 17.8. The lowest BCUT2D eigenvalue weighted by molar-refractivity contribution is -0.385. The lowest BCUT2D eigenvalue weighted by Crippen LogP contribution is -2.47. The molecule has 9 rings (SSSR count). The molecule has 1 spiro atoms. The van der Waals surface area contributed by atoms with Crippen LogP contribution in [0.5, 0.6) is 11.5 Å². The first-order valence-corrected chi connectivity index (χ1v) is 22.0. The van der Waals surface area contributed by atoms with Gasteiger partial charge in [-0.15, -0.1) is 0 Å². The maximum Gasteiger partial charge on any atom is 0.281 e. The van der Waals surface area contributed by atoms with Gasteiger partial charge in [0.15, 0.2) is 16.7 Å². The topological polar surface area (TPSA) is 165 Å². The van der Waals surface area contributed by atoms with E-state index in [0.29, 0.717) is 61.1 Å². The number of anilines is 1. The average molecular weight is 852 g/mol. The number of nitrogens with one attached hydrogen (secondary N) is 2. The number of halogens is 1. The molecule has 2 aromatic carbocycles. The minimum atomic E-state index is -2.12. The second kappa shape index (κ2) is 17.4. The molecule has 1 saturated carbocycles. The van der Waals surface area contributed by atoms with Crippen LogP contribution in [-0.2, 0) is 26.9 Å². The van der Waals surface area contributed by atoms with Crippen molar-refractivity contribution in [3.05, 3.63) is 117 Å². The van der Waals surface area contributed by atoms with Crippen LogP contribution in [-0.4, -0.2) is 93.5 Å². The number of carbonyl (C=O) groups is 1. The number of amides is 1. The number of carbonyl (C=O) groups excluding carboxylic acids is 1. The van der Waals surface area contributed by atoms with E-state index in [-0.39, 0.29) is 28.8 Å². The molecule has 4 aliphatic rings. The lowest BCUT2D eigenvalue weighted by atomic mass is 9.59. The van der Waals surface area contributed by atoms with Gasteiger partial charge in [0.1, 0.15) is 17.1 Å². The molecule has 60 heavy (non-hydrogen) atoms. The van der Waals surface area contributed by atoms with Crippen LogP contribution < -0.4 is 14.4 Å². The molecule has 5 aromatic rings. The zero-order valence-corrected chi connectivity index (χ0v) is 34.6. The van der Waals surface area contributed by atoms with Crippen molar-refractivity contribution < 1.29 is 28.1 Å². The Morgan fingerprint density at radius 2 is 1.87 bits per heavy atom. The number of hydrogen-bond donors (Lipinski definition) is 2. The summed E-state index contributed by atoms with van der Waals surface area (Å²) < 4.78 is 33.5. The Morgan fingerprint density at radius 1 is 1.03 bits per heavy atom. The van der Waals surface area contributed by atoms with Crippen LogP contribution in [0, 0.1) is 15.5 Å². The van der Waals surface area contributed by atoms with Crippen molar-refractivity contribution in [3.8, 4) is 11.5 Å². The Labute approximate surface area is 355 Å². The van der Waals surface area contributed by atoms with Crippen LogP contribution >= 0.6 is 11.6 Å². The number of hydrogen-bond acceptors (Lipinski definition) is 11. The van der Waals surface area contributed by atoms with Gasteiger partial charge in [-0.1, -0.05) is 41.8 Å². The number of aromatic nitrogens is 3. The van der Waals surface area contributed by atoms with E-state index in [1.807, 2.05) is 30.5 Å². The van der Waals surface area contributed by atoms with Crippen molar-refractivity contribution in [3.63, 3.8) is 0 Å². The van der Waals surface area contributed by atoms with E-state index in [1.54, 1.807) is 18.3 Å². The first-order chi connectivity index (χ1) is 29.2. The number of aromatic amines is 1. The van der Waals surface area contributed by atoms with Crippen molar-refractivity contribution in [2.45, 2.75) is 55.9 Å². The molecule has 2 atom stereocenters. The van der Waals surface area contributed by atoms with E-state index < -0.39 is 21.8 Å². The molecule has 1 amide bonds. The second-order valence-electron chi connectivity index (χ2n) is 16.1. The monoisotopic (exact) mass is 851 g/mol. The molecule has 2 N–H and O–H groups in total. The fourth-order valence-corrected chi connectivity index (χ4v) is 9.82. The van der Waals surface area contributed by atoms with Gasteiger partial charge in [0.05, 0.1) is 53.8 Å². The van der Waals surface area contributed by atoms with Crippen LogP contribution in [0.15, 0.2) is 89.7 Å². The number of nitrogens with zero attached hydrogens (tertiary/aromatic N) is 5. The van der Waals surface area contributed by atoms with Crippen molar-refractivity contribution in [1.82, 2.24) is 24.6 Å². The van der Waals surface area contributed by atoms with E-state index in [1.165, 1.54) is 60.7 Å². The van der Waals surface area contributed by atoms with Crippen molar-refractivity contribution in [1.29, 1.82) is 0 Å². The summed E-state index contributed by atoms with van der Waals surface area (Å²) in [5.41, 5.74) is 6.33. The highest BCUT2D eigenvalue weighted by Gasteiger charge is 2.41. The number of piperazine rings is 1. The number of nitro groups is 1. The number of benzene rings is 2. The SMILES string of the molecule is O=C(NS(=O)c1ccc(C[C@H]2COCCO2)c([N+](=O)[O-])c1)c1cc(N2CCN(CC3=C(c4ccc(Cl)cc4)CC4(CCC4)CC3)CC2)c(Oc2cnc3[nH]ccc3c2)cn1. The van der Waals surface area contributed by atoms with Gasteiger partial charge in [0, 0.05) is 67.4 Å². The first kappa shape index (κ1) is 40.2. The molecule has 5 heterocycles. The van der Waals surface area contributed by atoms with Gasteiger partial charge >= 0.3 is 0 Å². The Balaban J connectivity index is 0.931. The number of H-pyrrole nitrogens is 1. The largest absolute Gasteiger partial charge is 0.452 e. The number of nitro benzene ring substituents is 1. The number of ether oxygens (including phenoxy) is 3. The van der Waals surface area contributed by atoms with Gasteiger partial charge in [-0.25, -0.2) is 14.2 Å². The quantitative estimate of drug-likeness (QED) is 0.0936. The Bertz CT molecular complexity index is 2460. The highest BCUT2D eigenvalue weighted by atomic mass is 35.5. The molecule has 3 aromatic heterocycles. The van der Waals surface area contributed by atoms with Gasteiger partial charge in [-0.2, -0.15) is 0 Å². The van der Waals surface area contributed by atoms with Crippen LogP contribution in [0.3, 0.4) is 0 Å². The molecule has 14 nitrogen and oxygen atoms in total. The molecule has 2 saturated heterocycles. The average Bonchev–Trinajstić information content (AvgIpc) is 3.73. The molecule has 0 bridgehead atoms. The minimum absolute atomic E-state index is 0.0257. The minimum Gasteiger partial charge on any atom is -0.452 e. The fraction of sp³-hybridized carbons (Fsp3) is 0.386. The summed E-state index contributed by atoms with van der Waals surface area (Å²) in [4.78, 5) is 42.0. The third-order valence-corrected chi connectivity index (χ3v) is 13.6. The first-order valence-electron chi connectivity index (χ1n) is 20.4. The van der Waals surface area contributed by atoms with Gasteiger partial charge in [-0.3, -0.25) is 24.5 Å². The maximum absolute atomic E-state index is 13.7. The summed E-state index contributed by atoms with van der Waals surface area (Å²) in [7, 11) is -2.12.